The van der Waals surface area contributed by atoms with E-state index in [2.05, 4.69) is 15.9 Å². The predicted molar refractivity (Wildman–Crippen MR) is 126 cm³/mol. The molecule has 0 bridgehead atoms. The van der Waals surface area contributed by atoms with Crippen LogP contribution < -0.4 is 4.31 Å². The number of para-hydroxylation sites is 1. The van der Waals surface area contributed by atoms with Crippen LogP contribution in [0.25, 0.3) is 0 Å². The number of nitrogens with zero attached hydrogens (tertiary/aromatic N) is 1. The number of halogens is 2. The van der Waals surface area contributed by atoms with Crippen LogP contribution in [-0.4, -0.2) is 37.4 Å². The van der Waals surface area contributed by atoms with Crippen LogP contribution in [0, 0.1) is 0 Å². The molecule has 1 aliphatic heterocycles. The Morgan fingerprint density at radius 1 is 1.12 bits per heavy atom. The van der Waals surface area contributed by atoms with Crippen molar-refractivity contribution in [3.63, 3.8) is 0 Å². The fourth-order valence-electron chi connectivity index (χ4n) is 2.91. The topological polar surface area (TPSA) is 99.2 Å². The number of carbonyl (C=O) groups excluding carboxylic acids is 2. The molecule has 3 rings (SSSR count). The maximum atomic E-state index is 13.8. The van der Waals surface area contributed by atoms with Crippen LogP contribution in [-0.2, 0) is 29.0 Å². The standard InChI is InChI=1S/C22H21BrClNO7S/c1-22(2,3)32-21(27)19(23)20(26)14-8-4-7-11-17(14)33(28,29)25(18-12-30-13-31-18)16-10-6-5-9-15(16)24/h4-12,19H,13H2,1-3H3. The molecular weight excluding hydrogens is 538 g/mol. The van der Waals surface area contributed by atoms with E-state index in [-0.39, 0.29) is 33.8 Å². The van der Waals surface area contributed by atoms with E-state index in [1.807, 2.05) is 0 Å². The van der Waals surface area contributed by atoms with E-state index in [0.29, 0.717) is 0 Å². The second-order valence-corrected chi connectivity index (χ2v) is 10.9. The Labute approximate surface area is 205 Å². The number of benzene rings is 2. The van der Waals surface area contributed by atoms with E-state index in [1.54, 1.807) is 32.9 Å². The third kappa shape index (κ3) is 5.51. The Kier molecular flexibility index (Phi) is 7.40. The molecule has 1 aliphatic rings. The van der Waals surface area contributed by atoms with Gasteiger partial charge in [0.05, 0.1) is 15.6 Å². The zero-order chi connectivity index (χ0) is 24.4. The first kappa shape index (κ1) is 25.1. The molecule has 33 heavy (non-hydrogen) atoms. The van der Waals surface area contributed by atoms with Gasteiger partial charge in [-0.3, -0.25) is 9.59 Å². The zero-order valence-electron chi connectivity index (χ0n) is 17.9. The Balaban J connectivity index is 2.09. The maximum absolute atomic E-state index is 13.8. The molecule has 2 aromatic carbocycles. The second-order valence-electron chi connectivity index (χ2n) is 7.86. The zero-order valence-corrected chi connectivity index (χ0v) is 21.1. The number of carbonyl (C=O) groups is 2. The number of hydrogen-bond acceptors (Lipinski definition) is 7. The van der Waals surface area contributed by atoms with Gasteiger partial charge in [0.25, 0.3) is 10.0 Å². The number of ketones is 1. The number of ether oxygens (including phenoxy) is 3. The molecule has 1 heterocycles. The first-order valence-electron chi connectivity index (χ1n) is 9.68. The van der Waals surface area contributed by atoms with E-state index >= 15 is 0 Å². The Morgan fingerprint density at radius 2 is 1.76 bits per heavy atom. The molecule has 0 spiro atoms. The summed E-state index contributed by atoms with van der Waals surface area (Å²) in [6.07, 6.45) is 1.14. The van der Waals surface area contributed by atoms with Crippen molar-refractivity contribution in [2.75, 3.05) is 11.1 Å². The van der Waals surface area contributed by atoms with E-state index < -0.39 is 32.2 Å². The van der Waals surface area contributed by atoms with Crippen molar-refractivity contribution in [1.29, 1.82) is 0 Å². The van der Waals surface area contributed by atoms with Gasteiger partial charge < -0.3 is 14.2 Å². The van der Waals surface area contributed by atoms with Gasteiger partial charge in [0.15, 0.2) is 10.6 Å². The second kappa shape index (κ2) is 9.74. The van der Waals surface area contributed by atoms with Gasteiger partial charge >= 0.3 is 5.97 Å². The minimum Gasteiger partial charge on any atom is -0.459 e. The first-order valence-corrected chi connectivity index (χ1v) is 12.4. The highest BCUT2D eigenvalue weighted by Crippen LogP contribution is 2.36. The average Bonchev–Trinajstić information content (AvgIpc) is 3.27. The minimum atomic E-state index is -4.45. The molecule has 0 amide bonds. The van der Waals surface area contributed by atoms with Crippen LogP contribution in [0.1, 0.15) is 31.1 Å². The van der Waals surface area contributed by atoms with Gasteiger partial charge in [-0.1, -0.05) is 51.8 Å². The van der Waals surface area contributed by atoms with Crippen molar-refractivity contribution in [1.82, 2.24) is 0 Å². The summed E-state index contributed by atoms with van der Waals surface area (Å²) in [5.74, 6) is -1.74. The molecule has 176 valence electrons. The SMILES string of the molecule is CC(C)(C)OC(=O)C(Br)C(=O)c1ccccc1S(=O)(=O)N(C1=COCO1)c1ccccc1Cl. The fourth-order valence-corrected chi connectivity index (χ4v) is 5.17. The van der Waals surface area contributed by atoms with Crippen LogP contribution in [0.4, 0.5) is 5.69 Å². The lowest BCUT2D eigenvalue weighted by atomic mass is 10.1. The van der Waals surface area contributed by atoms with Gasteiger partial charge in [-0.2, -0.15) is 4.31 Å². The van der Waals surface area contributed by atoms with Gasteiger partial charge in [-0.15, -0.1) is 0 Å². The summed E-state index contributed by atoms with van der Waals surface area (Å²) in [5, 5.41) is 0.133. The molecule has 8 nitrogen and oxygen atoms in total. The molecule has 0 saturated heterocycles. The van der Waals surface area contributed by atoms with Crippen LogP contribution >= 0.6 is 27.5 Å². The van der Waals surface area contributed by atoms with Gasteiger partial charge in [0, 0.05) is 5.56 Å². The number of alkyl halides is 1. The van der Waals surface area contributed by atoms with Crippen molar-refractivity contribution in [2.24, 2.45) is 0 Å². The van der Waals surface area contributed by atoms with Crippen LogP contribution in [0.2, 0.25) is 5.02 Å². The predicted octanol–water partition coefficient (Wildman–Crippen LogP) is 4.63. The quantitative estimate of drug-likeness (QED) is 0.211. The smallest absolute Gasteiger partial charge is 0.328 e. The summed E-state index contributed by atoms with van der Waals surface area (Å²) in [5.41, 5.74) is -0.940. The number of anilines is 1. The van der Waals surface area contributed by atoms with Gasteiger partial charge in [-0.05, 0) is 45.0 Å². The Morgan fingerprint density at radius 3 is 2.36 bits per heavy atom. The highest BCUT2D eigenvalue weighted by molar-refractivity contribution is 9.10. The molecule has 11 heteroatoms. The molecule has 0 radical (unpaired) electrons. The molecular formula is C22H21BrClNO7S. The molecule has 0 N–H and O–H groups in total. The number of Topliss-reactive ketones (excluding diaryl/α,β-unsaturated/α-hetero) is 1. The summed E-state index contributed by atoms with van der Waals surface area (Å²) < 4.78 is 44.1. The van der Waals surface area contributed by atoms with E-state index in [9.17, 15) is 18.0 Å². The molecule has 1 unspecified atom stereocenters. The lowest BCUT2D eigenvalue weighted by Crippen LogP contribution is -2.35. The maximum Gasteiger partial charge on any atom is 0.328 e. The summed E-state index contributed by atoms with van der Waals surface area (Å²) in [7, 11) is -4.45. The van der Waals surface area contributed by atoms with Crippen molar-refractivity contribution in [3.8, 4) is 0 Å². The molecule has 0 fully saturated rings. The van der Waals surface area contributed by atoms with Gasteiger partial charge in [0.2, 0.25) is 12.7 Å². The molecule has 0 aromatic heterocycles. The molecule has 0 saturated carbocycles. The third-order valence-electron chi connectivity index (χ3n) is 4.25. The highest BCUT2D eigenvalue weighted by Gasteiger charge is 2.38. The lowest BCUT2D eigenvalue weighted by Gasteiger charge is -2.25. The van der Waals surface area contributed by atoms with Crippen molar-refractivity contribution >= 4 is 55.0 Å². The van der Waals surface area contributed by atoms with Crippen LogP contribution in [0.3, 0.4) is 0 Å². The largest absolute Gasteiger partial charge is 0.459 e. The Hall–Kier alpha value is -2.56. The van der Waals surface area contributed by atoms with Crippen molar-refractivity contribution in [2.45, 2.75) is 36.1 Å². The minimum absolute atomic E-state index is 0.0979. The van der Waals surface area contributed by atoms with Gasteiger partial charge in [-0.25, -0.2) is 8.42 Å². The normalized spacial score (nSPS) is 14.5. The summed E-state index contributed by atoms with van der Waals surface area (Å²) in [6.45, 7) is 4.79. The van der Waals surface area contributed by atoms with Crippen LogP contribution in [0.5, 0.6) is 0 Å². The summed E-state index contributed by atoms with van der Waals surface area (Å²) in [6, 6.07) is 11.8. The average molecular weight is 559 g/mol. The van der Waals surface area contributed by atoms with Crippen molar-refractivity contribution in [3.05, 3.63) is 71.3 Å². The number of esters is 1. The van der Waals surface area contributed by atoms with Gasteiger partial charge in [0.1, 0.15) is 11.9 Å². The molecule has 0 aliphatic carbocycles. The monoisotopic (exact) mass is 557 g/mol. The van der Waals surface area contributed by atoms with E-state index in [4.69, 9.17) is 25.8 Å². The molecule has 2 aromatic rings. The third-order valence-corrected chi connectivity index (χ3v) is 7.12. The fraction of sp³-hybridized carbons (Fsp3) is 0.273. The number of rotatable bonds is 7. The van der Waals surface area contributed by atoms with Crippen LogP contribution in [0.15, 0.2) is 65.6 Å². The highest BCUT2D eigenvalue weighted by atomic mass is 79.9. The summed E-state index contributed by atoms with van der Waals surface area (Å²) >= 11 is 9.33. The van der Waals surface area contributed by atoms with E-state index in [0.717, 1.165) is 10.6 Å². The van der Waals surface area contributed by atoms with E-state index in [1.165, 1.54) is 36.4 Å². The lowest BCUT2D eigenvalue weighted by molar-refractivity contribution is -0.152. The number of sulfonamides is 1. The summed E-state index contributed by atoms with van der Waals surface area (Å²) in [4.78, 5) is 23.8. The van der Waals surface area contributed by atoms with Crippen molar-refractivity contribution < 1.29 is 32.2 Å². The Bertz CT molecular complexity index is 1210. The molecule has 1 atom stereocenters. The first-order chi connectivity index (χ1) is 15.4. The number of hydrogen-bond donors (Lipinski definition) is 0.